The van der Waals surface area contributed by atoms with E-state index in [0.717, 1.165) is 21.7 Å². The number of fused-ring (bicyclic) bond motifs is 2. The van der Waals surface area contributed by atoms with E-state index in [1.165, 1.54) is 19.4 Å². The number of carboxylic acids is 1. The summed E-state index contributed by atoms with van der Waals surface area (Å²) in [6.07, 6.45) is 0.568. The molecule has 0 radical (unpaired) electrons. The zero-order chi connectivity index (χ0) is 62.2. The average molecular weight is 1190 g/mol. The molecule has 1 aliphatic heterocycles. The Morgan fingerprint density at radius 1 is 0.765 bits per heavy atom. The molecular formula is C56H72F3N15O11. The number of hydrogen-bond donors (Lipinski definition) is 14. The van der Waals surface area contributed by atoms with Gasteiger partial charge >= 0.3 is 12.1 Å². The largest absolute Gasteiger partial charge is 0.490 e. The predicted molar refractivity (Wildman–Crippen MR) is 305 cm³/mol. The lowest BCUT2D eigenvalue weighted by Gasteiger charge is -2.28. The summed E-state index contributed by atoms with van der Waals surface area (Å²) in [7, 11) is 0. The van der Waals surface area contributed by atoms with Gasteiger partial charge in [0.05, 0.1) is 12.7 Å². The van der Waals surface area contributed by atoms with Crippen LogP contribution in [0, 0.1) is 0 Å². The number of benzene rings is 3. The molecule has 26 nitrogen and oxygen atoms in total. The number of hydrogen-bond acceptors (Lipinski definition) is 12. The Morgan fingerprint density at radius 2 is 1.39 bits per heavy atom. The van der Waals surface area contributed by atoms with Crippen molar-refractivity contribution in [3.8, 4) is 0 Å². The molecule has 3 aromatic carbocycles. The maximum absolute atomic E-state index is 15.0. The third-order valence-electron chi connectivity index (χ3n) is 13.5. The van der Waals surface area contributed by atoms with E-state index < -0.39 is 114 Å². The summed E-state index contributed by atoms with van der Waals surface area (Å²) in [4.78, 5) is 149. The lowest BCUT2D eigenvalue weighted by molar-refractivity contribution is -0.192. The van der Waals surface area contributed by atoms with Crippen LogP contribution in [-0.2, 0) is 67.2 Å². The monoisotopic (exact) mass is 1190 g/mol. The lowest BCUT2D eigenvalue weighted by atomic mass is 9.99. The van der Waals surface area contributed by atoms with Crippen molar-refractivity contribution < 1.29 is 66.2 Å². The molecule has 7 atom stereocenters. The molecule has 3 heterocycles. The molecule has 2 unspecified atom stereocenters. The van der Waals surface area contributed by atoms with Crippen molar-refractivity contribution in [1.29, 1.82) is 0 Å². The second-order valence-electron chi connectivity index (χ2n) is 20.2. The molecule has 0 aliphatic carbocycles. The second kappa shape index (κ2) is 32.3. The van der Waals surface area contributed by atoms with Crippen molar-refractivity contribution in [3.05, 3.63) is 102 Å². The summed E-state index contributed by atoms with van der Waals surface area (Å²) >= 11 is 0. The van der Waals surface area contributed by atoms with E-state index >= 15 is 0 Å². The Bertz CT molecular complexity index is 3170. The highest BCUT2D eigenvalue weighted by Gasteiger charge is 2.39. The number of aromatic nitrogens is 3. The first kappa shape index (κ1) is 66.2. The number of carboxylic acid groups (broad SMARTS) is 1. The summed E-state index contributed by atoms with van der Waals surface area (Å²) < 4.78 is 31.7. The van der Waals surface area contributed by atoms with E-state index in [9.17, 15) is 56.3 Å². The van der Waals surface area contributed by atoms with Crippen LogP contribution in [0.15, 0.2) is 90.4 Å². The lowest BCUT2D eigenvalue weighted by Crippen LogP contribution is -2.61. The fourth-order valence-corrected chi connectivity index (χ4v) is 9.15. The number of halogens is 3. The van der Waals surface area contributed by atoms with Gasteiger partial charge in [0.1, 0.15) is 42.3 Å². The standard InChI is InChI=1S/C54H71N15O9.C2HF3O2/c1-3-4-15-40(63-31(2)70)48(73)69-45-27-46(71)59-21-10-9-17-39(47(55)72)64-51(76)43(25-35-28-61-38-16-8-7-14-37(35)38)67-49(74)41(18-11-22-60-54(56)57)65-50(75)42(24-32-19-20-33-12-5-6-13-34(33)23-32)66-52(77)44(68-53(45)78)26-36-29-58-30-62-36;3-2(4,5)1(6)7/h5-8,12-14,16,19-20,23,28-30,39-45,61H,3-4,9-11,15,17-18,21-22,24-27H2,1-2H3,(H2,55,72)(H,58,62)(H,59,71)(H,63,70)(H,64,76)(H,65,75)(H,66,77)(H,67,74)(H,68,78)(H,69,73)(H4,56,57,60);(H,6,7)/t39?,40-,41-,42?,43-,44-,45-;/m0./s1. The normalized spacial score (nSPS) is 20.1. The number of amides is 9. The van der Waals surface area contributed by atoms with Crippen LogP contribution in [0.5, 0.6) is 0 Å². The van der Waals surface area contributed by atoms with E-state index in [1.54, 1.807) is 12.3 Å². The number of aliphatic imine (C=N–C) groups is 1. The van der Waals surface area contributed by atoms with Gasteiger partial charge in [-0.15, -0.1) is 0 Å². The maximum Gasteiger partial charge on any atom is 0.490 e. The number of carbonyl (C=O) groups is 10. The van der Waals surface area contributed by atoms with Gasteiger partial charge in [-0.25, -0.2) is 9.78 Å². The molecule has 17 N–H and O–H groups in total. The minimum atomic E-state index is -5.08. The fraction of sp³-hybridized carbons (Fsp3) is 0.429. The van der Waals surface area contributed by atoms with Crippen LogP contribution in [0.2, 0.25) is 0 Å². The van der Waals surface area contributed by atoms with Gasteiger partial charge < -0.3 is 74.8 Å². The Labute approximate surface area is 486 Å². The molecule has 85 heavy (non-hydrogen) atoms. The molecule has 1 saturated heterocycles. The molecule has 29 heteroatoms. The van der Waals surface area contributed by atoms with Gasteiger partial charge in [-0.3, -0.25) is 48.1 Å². The number of guanidine groups is 1. The smallest absolute Gasteiger partial charge is 0.475 e. The van der Waals surface area contributed by atoms with Gasteiger partial charge in [0, 0.05) is 68.3 Å². The van der Waals surface area contributed by atoms with Crippen LogP contribution in [0.4, 0.5) is 13.2 Å². The molecule has 458 valence electrons. The summed E-state index contributed by atoms with van der Waals surface area (Å²) in [6.45, 7) is 3.25. The van der Waals surface area contributed by atoms with Crippen molar-refractivity contribution in [2.45, 2.75) is 139 Å². The number of aromatic amines is 2. The number of nitrogens with zero attached hydrogens (tertiary/aromatic N) is 2. The summed E-state index contributed by atoms with van der Waals surface area (Å²) in [5.74, 6) is -9.88. The molecule has 2 aromatic heterocycles. The number of imidazole rings is 1. The molecular weight excluding hydrogens is 1120 g/mol. The van der Waals surface area contributed by atoms with Gasteiger partial charge in [0.25, 0.3) is 0 Å². The van der Waals surface area contributed by atoms with E-state index in [1.807, 2.05) is 67.6 Å². The zero-order valence-electron chi connectivity index (χ0n) is 46.8. The van der Waals surface area contributed by atoms with Gasteiger partial charge in [-0.05, 0) is 66.5 Å². The van der Waals surface area contributed by atoms with Crippen LogP contribution >= 0.6 is 0 Å². The van der Waals surface area contributed by atoms with Crippen LogP contribution in [0.1, 0.15) is 88.5 Å². The van der Waals surface area contributed by atoms with Gasteiger partial charge in [0.15, 0.2) is 5.96 Å². The number of nitrogens with one attached hydrogen (secondary N) is 10. The number of unbranched alkanes of at least 4 members (excludes halogenated alkanes) is 1. The molecule has 1 fully saturated rings. The fourth-order valence-electron chi connectivity index (χ4n) is 9.15. The minimum absolute atomic E-state index is 0.0366. The highest BCUT2D eigenvalue weighted by Crippen LogP contribution is 2.21. The number of carbonyl (C=O) groups excluding carboxylic acids is 9. The van der Waals surface area contributed by atoms with Crippen LogP contribution < -0.4 is 59.7 Å². The number of H-pyrrole nitrogens is 2. The summed E-state index contributed by atoms with van der Waals surface area (Å²) in [6, 6.07) is 10.9. The van der Waals surface area contributed by atoms with E-state index in [2.05, 4.69) is 62.5 Å². The topological polar surface area (TPSA) is 422 Å². The van der Waals surface area contributed by atoms with Crippen LogP contribution in [-0.4, -0.2) is 147 Å². The van der Waals surface area contributed by atoms with Crippen molar-refractivity contribution in [2.75, 3.05) is 13.1 Å². The van der Waals surface area contributed by atoms with E-state index in [-0.39, 0.29) is 76.8 Å². The zero-order valence-corrected chi connectivity index (χ0v) is 46.8. The molecule has 5 aromatic rings. The van der Waals surface area contributed by atoms with Crippen molar-refractivity contribution in [2.24, 2.45) is 22.2 Å². The molecule has 9 amide bonds. The molecule has 0 bridgehead atoms. The van der Waals surface area contributed by atoms with Gasteiger partial charge in [-0.2, -0.15) is 13.2 Å². The SMILES string of the molecule is CCCC[C@H](NC(C)=O)C(=O)N[C@H]1CC(=O)NCCCCC(C(N)=O)NC(=O)[C@H](Cc2c[nH]c3ccccc23)NC(=O)[C@H](CCCN=C(N)N)NC(=O)C(Cc2ccc3ccccc3c2)NC(=O)[C@H](Cc2cnc[nH]2)NC1=O.O=C(O)C(F)(F)F. The highest BCUT2D eigenvalue weighted by molar-refractivity contribution is 5.99. The molecule has 1 aliphatic rings. The molecule has 0 saturated carbocycles. The number of rotatable bonds is 17. The predicted octanol–water partition coefficient (Wildman–Crippen LogP) is 0.538. The minimum Gasteiger partial charge on any atom is -0.475 e. The first-order chi connectivity index (χ1) is 40.4. The van der Waals surface area contributed by atoms with Crippen molar-refractivity contribution in [3.63, 3.8) is 0 Å². The van der Waals surface area contributed by atoms with Crippen LogP contribution in [0.25, 0.3) is 21.7 Å². The maximum atomic E-state index is 15.0. The molecule has 0 spiro atoms. The Kier molecular flexibility index (Phi) is 25.2. The van der Waals surface area contributed by atoms with Crippen molar-refractivity contribution >= 4 is 86.8 Å². The molecule has 6 rings (SSSR count). The van der Waals surface area contributed by atoms with Gasteiger partial charge in [-0.1, -0.05) is 80.4 Å². The Hall–Kier alpha value is -9.57. The van der Waals surface area contributed by atoms with Crippen LogP contribution in [0.3, 0.4) is 0 Å². The highest BCUT2D eigenvalue weighted by atomic mass is 19.4. The first-order valence-electron chi connectivity index (χ1n) is 27.4. The Balaban J connectivity index is 0.00000177. The number of aliphatic carboxylic acids is 1. The number of primary amides is 1. The van der Waals surface area contributed by atoms with E-state index in [4.69, 9.17) is 27.1 Å². The quantitative estimate of drug-likeness (QED) is 0.0344. The van der Waals surface area contributed by atoms with Gasteiger partial charge in [0.2, 0.25) is 53.2 Å². The van der Waals surface area contributed by atoms with Crippen molar-refractivity contribution in [1.82, 2.24) is 57.5 Å². The summed E-state index contributed by atoms with van der Waals surface area (Å²) in [5.41, 5.74) is 19.5. The summed E-state index contributed by atoms with van der Waals surface area (Å²) in [5, 5.41) is 31.4. The number of alkyl halides is 3. The average Bonchev–Trinajstić information content (AvgIpc) is 4.39. The number of para-hydroxylation sites is 1. The third-order valence-corrected chi connectivity index (χ3v) is 13.5. The number of nitrogens with two attached hydrogens (primary N) is 3. The first-order valence-corrected chi connectivity index (χ1v) is 27.4. The third kappa shape index (κ3) is 21.6. The second-order valence-corrected chi connectivity index (χ2v) is 20.2. The van der Waals surface area contributed by atoms with E-state index in [0.29, 0.717) is 29.7 Å². The Morgan fingerprint density at radius 3 is 2.04 bits per heavy atom.